The van der Waals surface area contributed by atoms with Crippen LogP contribution in [0.2, 0.25) is 0 Å². The zero-order valence-electron chi connectivity index (χ0n) is 39.9. The van der Waals surface area contributed by atoms with E-state index < -0.39 is 89.6 Å². The summed E-state index contributed by atoms with van der Waals surface area (Å²) in [6.07, 6.45) is 31.3. The molecule has 1 aliphatic carbocycles. The third-order valence-electron chi connectivity index (χ3n) is 10.2. The normalized spacial score (nSPS) is 22.6. The summed E-state index contributed by atoms with van der Waals surface area (Å²) >= 11 is 0. The van der Waals surface area contributed by atoms with Gasteiger partial charge < -0.3 is 49.7 Å². The quantitative estimate of drug-likeness (QED) is 0.0125. The van der Waals surface area contributed by atoms with Gasteiger partial charge in [0, 0.05) is 12.8 Å². The SMILES string of the molecule is CC/C=C\C/C=C\C/C=C\C/C=C\CCCCCCC(=O)O[C@H](COC(=O)CCC/C=C\C/C=C\C/C=C\C/C=C\[C@@H](O)CCCC)COP(=O)(O)O[C@H]1C(O)C(O)C(O)[C@@H](OP(=O)(O)O)C1O. The summed E-state index contributed by atoms with van der Waals surface area (Å²) in [4.78, 5) is 54.3. The molecule has 1 aliphatic rings. The largest absolute Gasteiger partial charge is 0.472 e. The second-order valence-corrected chi connectivity index (χ2v) is 18.9. The number of phosphoric ester groups is 2. The molecule has 0 aromatic carbocycles. The zero-order valence-corrected chi connectivity index (χ0v) is 41.6. The van der Waals surface area contributed by atoms with Crippen molar-refractivity contribution in [1.82, 2.24) is 0 Å². The second-order valence-electron chi connectivity index (χ2n) is 16.3. The second kappa shape index (κ2) is 38.6. The van der Waals surface area contributed by atoms with Crippen molar-refractivity contribution in [3.05, 3.63) is 97.2 Å². The molecule has 19 heteroatoms. The molecule has 68 heavy (non-hydrogen) atoms. The number of allylic oxidation sites excluding steroid dienone is 15. The Morgan fingerprint density at radius 1 is 0.544 bits per heavy atom. The van der Waals surface area contributed by atoms with Gasteiger partial charge in [-0.05, 0) is 83.5 Å². The van der Waals surface area contributed by atoms with E-state index in [9.17, 15) is 58.9 Å². The topological polar surface area (TPSA) is 276 Å². The summed E-state index contributed by atoms with van der Waals surface area (Å²) < 4.78 is 49.3. The first kappa shape index (κ1) is 62.9. The first-order valence-electron chi connectivity index (χ1n) is 23.9. The Morgan fingerprint density at radius 2 is 1.03 bits per heavy atom. The van der Waals surface area contributed by atoms with Crippen LogP contribution < -0.4 is 0 Å². The van der Waals surface area contributed by atoms with Crippen LogP contribution in [-0.2, 0) is 41.8 Å². The number of hydrogen-bond donors (Lipinski definition) is 8. The molecule has 0 heterocycles. The van der Waals surface area contributed by atoms with Crippen molar-refractivity contribution in [1.29, 1.82) is 0 Å². The Balaban J connectivity index is 2.66. The molecule has 0 bridgehead atoms. The summed E-state index contributed by atoms with van der Waals surface area (Å²) in [6.45, 7) is 2.76. The highest BCUT2D eigenvalue weighted by atomic mass is 31.2. The van der Waals surface area contributed by atoms with Gasteiger partial charge >= 0.3 is 27.6 Å². The Morgan fingerprint density at radius 3 is 1.57 bits per heavy atom. The lowest BCUT2D eigenvalue weighted by molar-refractivity contribution is -0.216. The van der Waals surface area contributed by atoms with Crippen molar-refractivity contribution in [3.63, 3.8) is 0 Å². The molecular weight excluding hydrogens is 922 g/mol. The Kier molecular flexibility index (Phi) is 35.7. The first-order valence-corrected chi connectivity index (χ1v) is 26.9. The molecule has 8 N–H and O–H groups in total. The average Bonchev–Trinajstić information content (AvgIpc) is 3.29. The van der Waals surface area contributed by atoms with E-state index in [1.807, 2.05) is 42.5 Å². The Bertz CT molecular complexity index is 1700. The maximum Gasteiger partial charge on any atom is 0.472 e. The number of carbonyl (C=O) groups excluding carboxylic acids is 2. The van der Waals surface area contributed by atoms with Gasteiger partial charge in [0.25, 0.3) is 0 Å². The zero-order chi connectivity index (χ0) is 50.5. The molecule has 9 atom stereocenters. The van der Waals surface area contributed by atoms with Crippen LogP contribution in [0.3, 0.4) is 0 Å². The lowest BCUT2D eigenvalue weighted by Crippen LogP contribution is -2.64. The highest BCUT2D eigenvalue weighted by Gasteiger charge is 2.54. The van der Waals surface area contributed by atoms with Crippen molar-refractivity contribution in [2.75, 3.05) is 13.2 Å². The molecule has 0 aliphatic heterocycles. The van der Waals surface area contributed by atoms with Crippen molar-refractivity contribution in [2.45, 2.75) is 185 Å². The number of aliphatic hydroxyl groups is 5. The van der Waals surface area contributed by atoms with E-state index in [0.717, 1.165) is 83.5 Å². The van der Waals surface area contributed by atoms with Crippen molar-refractivity contribution in [2.24, 2.45) is 0 Å². The van der Waals surface area contributed by atoms with E-state index >= 15 is 0 Å². The minimum absolute atomic E-state index is 0.00974. The van der Waals surface area contributed by atoms with Gasteiger partial charge in [-0.1, -0.05) is 137 Å². The molecule has 0 aromatic rings. The summed E-state index contributed by atoms with van der Waals surface area (Å²) in [7, 11) is -10.7. The van der Waals surface area contributed by atoms with Crippen LogP contribution in [0.25, 0.3) is 0 Å². The number of esters is 2. The monoisotopic (exact) mass is 1000 g/mol. The van der Waals surface area contributed by atoms with Gasteiger partial charge in [0.1, 0.15) is 43.2 Å². The number of unbranched alkanes of at least 4 members (excludes halogenated alkanes) is 6. The van der Waals surface area contributed by atoms with Gasteiger partial charge in [0.05, 0.1) is 12.7 Å². The number of ether oxygens (including phenoxy) is 2. The molecular formula is C49H80O17P2. The lowest BCUT2D eigenvalue weighted by Gasteiger charge is -2.43. The van der Waals surface area contributed by atoms with Gasteiger partial charge in [0.15, 0.2) is 6.10 Å². The van der Waals surface area contributed by atoms with Gasteiger partial charge in [-0.3, -0.25) is 23.2 Å². The number of phosphoric acid groups is 2. The van der Waals surface area contributed by atoms with Crippen LogP contribution in [-0.4, -0.2) is 114 Å². The molecule has 0 spiro atoms. The molecule has 0 aromatic heterocycles. The van der Waals surface area contributed by atoms with Crippen LogP contribution in [0.5, 0.6) is 0 Å². The molecule has 5 unspecified atom stereocenters. The Labute approximate surface area is 403 Å². The van der Waals surface area contributed by atoms with E-state index in [1.54, 1.807) is 0 Å². The molecule has 0 saturated heterocycles. The minimum atomic E-state index is -5.38. The van der Waals surface area contributed by atoms with Crippen LogP contribution in [0, 0.1) is 0 Å². The molecule has 1 saturated carbocycles. The lowest BCUT2D eigenvalue weighted by atomic mass is 9.85. The van der Waals surface area contributed by atoms with Crippen LogP contribution in [0.1, 0.15) is 136 Å². The average molecular weight is 1000 g/mol. The van der Waals surface area contributed by atoms with Crippen molar-refractivity contribution in [3.8, 4) is 0 Å². The molecule has 1 rings (SSSR count). The number of hydrogen-bond acceptors (Lipinski definition) is 14. The smallest absolute Gasteiger partial charge is 0.462 e. The fraction of sp³-hybridized carbons (Fsp3) is 0.633. The summed E-state index contributed by atoms with van der Waals surface area (Å²) in [5.41, 5.74) is 0. The van der Waals surface area contributed by atoms with Gasteiger partial charge in [-0.15, -0.1) is 0 Å². The van der Waals surface area contributed by atoms with E-state index in [-0.39, 0.29) is 12.8 Å². The predicted octanol–water partition coefficient (Wildman–Crippen LogP) is 8.14. The first-order chi connectivity index (χ1) is 32.5. The van der Waals surface area contributed by atoms with Gasteiger partial charge in [-0.25, -0.2) is 9.13 Å². The van der Waals surface area contributed by atoms with E-state index in [1.165, 1.54) is 0 Å². The molecule has 0 radical (unpaired) electrons. The maximum absolute atomic E-state index is 13.0. The maximum atomic E-state index is 13.0. The van der Waals surface area contributed by atoms with E-state index in [4.69, 9.17) is 18.5 Å². The van der Waals surface area contributed by atoms with Crippen LogP contribution in [0.15, 0.2) is 97.2 Å². The Hall–Kier alpha value is -3.12. The highest BCUT2D eigenvalue weighted by molar-refractivity contribution is 7.47. The fourth-order valence-electron chi connectivity index (χ4n) is 6.50. The molecule has 17 nitrogen and oxygen atoms in total. The van der Waals surface area contributed by atoms with Crippen LogP contribution >= 0.6 is 15.6 Å². The molecule has 388 valence electrons. The van der Waals surface area contributed by atoms with Gasteiger partial charge in [0.2, 0.25) is 0 Å². The van der Waals surface area contributed by atoms with Gasteiger partial charge in [-0.2, -0.15) is 0 Å². The molecule has 1 fully saturated rings. The standard InChI is InChI=1S/C49H80O17P2/c1-3-5-7-8-9-10-11-12-13-14-15-16-21-24-27-30-33-37-43(52)64-41(39-63-68(60,61)66-49-46(55)44(53)45(54)48(47(49)56)65-67(57,58)59)38-62-42(51)36-32-29-26-23-20-18-17-19-22-25-28-31-35-40(50)34-6-4-2/h5,7,9-10,12-13,15-18,22-23,25-26,31,35,40-41,44-50,53-56H,3-4,6,8,11,14,19-21,24,27-30,32-34,36-39H2,1-2H3,(H,60,61)(H2,57,58,59)/b7-5-,10-9-,13-12-,16-15-,18-17-,25-22-,26-23-,35-31-/t40-,41+,44?,45?,46?,47?,48+,49-/m0/s1. The highest BCUT2D eigenvalue weighted by Crippen LogP contribution is 2.49. The number of rotatable bonds is 38. The third kappa shape index (κ3) is 32.6. The summed E-state index contributed by atoms with van der Waals surface area (Å²) in [5, 5.41) is 51.1. The number of aliphatic hydroxyl groups excluding tert-OH is 5. The third-order valence-corrected chi connectivity index (χ3v) is 11.7. The minimum Gasteiger partial charge on any atom is -0.462 e. The predicted molar refractivity (Wildman–Crippen MR) is 261 cm³/mol. The van der Waals surface area contributed by atoms with Crippen molar-refractivity contribution >= 4 is 27.6 Å². The fourth-order valence-corrected chi connectivity index (χ4v) is 8.04. The van der Waals surface area contributed by atoms with Crippen molar-refractivity contribution < 1.29 is 82.0 Å². The summed E-state index contributed by atoms with van der Waals surface area (Å²) in [5.74, 6) is -1.33. The summed E-state index contributed by atoms with van der Waals surface area (Å²) in [6, 6.07) is 0. The van der Waals surface area contributed by atoms with E-state index in [0.29, 0.717) is 25.7 Å². The molecule has 0 amide bonds. The van der Waals surface area contributed by atoms with E-state index in [2.05, 4.69) is 73.1 Å². The number of carbonyl (C=O) groups is 2. The van der Waals surface area contributed by atoms with Crippen LogP contribution in [0.4, 0.5) is 0 Å².